The summed E-state index contributed by atoms with van der Waals surface area (Å²) < 4.78 is 9.94. The molecule has 1 aliphatic heterocycles. The van der Waals surface area contributed by atoms with Gasteiger partial charge in [0, 0.05) is 13.6 Å². The van der Waals surface area contributed by atoms with Gasteiger partial charge in [-0.2, -0.15) is 0 Å². The van der Waals surface area contributed by atoms with Gasteiger partial charge in [-0.25, -0.2) is 9.59 Å². The molecule has 0 bridgehead atoms. The number of nitrogens with zero attached hydrogens (tertiary/aromatic N) is 2. The number of ether oxygens (including phenoxy) is 2. The molecule has 0 radical (unpaired) electrons. The van der Waals surface area contributed by atoms with Crippen molar-refractivity contribution in [3.8, 4) is 0 Å². The highest BCUT2D eigenvalue weighted by Gasteiger charge is 2.37. The third kappa shape index (κ3) is 5.45. The maximum absolute atomic E-state index is 12.0. The third-order valence-corrected chi connectivity index (χ3v) is 3.39. The largest absolute Gasteiger partial charge is 0.445 e. The van der Waals surface area contributed by atoms with Crippen LogP contribution in [-0.4, -0.2) is 72.6 Å². The molecule has 1 aliphatic rings. The number of β-amino-alcohol motifs (C(OH)–C–C–N with tert-alkyl or cyclic N) is 1. The highest BCUT2D eigenvalue weighted by Crippen LogP contribution is 2.24. The lowest BCUT2D eigenvalue weighted by molar-refractivity contribution is 0.104. The molecule has 23 heavy (non-hydrogen) atoms. The first-order chi connectivity index (χ1) is 10.9. The van der Waals surface area contributed by atoms with Crippen LogP contribution in [0.3, 0.4) is 0 Å². The summed E-state index contributed by atoms with van der Waals surface area (Å²) in [4.78, 5) is 26.5. The van der Waals surface area contributed by atoms with E-state index in [-0.39, 0.29) is 26.3 Å². The molecule has 0 aromatic carbocycles. The Morgan fingerprint density at radius 1 is 1.30 bits per heavy atom. The monoisotopic (exact) mass is 324 g/mol. The van der Waals surface area contributed by atoms with Crippen LogP contribution in [0.1, 0.15) is 6.42 Å². The number of amides is 2. The number of carbonyl (C=O) groups excluding carboxylic acids is 2. The number of hydrogen-bond acceptors (Lipinski definition) is 5. The van der Waals surface area contributed by atoms with Crippen molar-refractivity contribution in [2.45, 2.75) is 18.6 Å². The Bertz CT molecular complexity index is 477. The normalized spacial score (nSPS) is 19.8. The number of likely N-dealkylation sites (tertiary alicyclic amines) is 1. The second kappa shape index (κ2) is 8.99. The van der Waals surface area contributed by atoms with E-state index in [1.165, 1.54) is 22.0 Å². The van der Waals surface area contributed by atoms with E-state index in [0.29, 0.717) is 12.0 Å². The van der Waals surface area contributed by atoms with Gasteiger partial charge in [-0.05, 0) is 12.0 Å². The highest BCUT2D eigenvalue weighted by atomic mass is 16.6. The van der Waals surface area contributed by atoms with E-state index in [2.05, 4.69) is 19.7 Å². The molecule has 7 nitrogen and oxygen atoms in total. The summed E-state index contributed by atoms with van der Waals surface area (Å²) in [5.41, 5.74) is 0.621. The molecular formula is C16H24N2O5. The van der Waals surface area contributed by atoms with E-state index in [0.717, 1.165) is 0 Å². The van der Waals surface area contributed by atoms with Gasteiger partial charge in [0.2, 0.25) is 0 Å². The fourth-order valence-corrected chi connectivity index (χ4v) is 2.33. The van der Waals surface area contributed by atoms with Crippen molar-refractivity contribution in [1.29, 1.82) is 0 Å². The van der Waals surface area contributed by atoms with Crippen molar-refractivity contribution in [1.82, 2.24) is 9.80 Å². The minimum Gasteiger partial charge on any atom is -0.445 e. The lowest BCUT2D eigenvalue weighted by atomic mass is 10.1. The van der Waals surface area contributed by atoms with Gasteiger partial charge in [-0.15, -0.1) is 0 Å². The molecule has 1 saturated heterocycles. The van der Waals surface area contributed by atoms with Crippen molar-refractivity contribution in [3.05, 3.63) is 37.5 Å². The van der Waals surface area contributed by atoms with Gasteiger partial charge in [0.05, 0.1) is 18.7 Å². The van der Waals surface area contributed by atoms with Crippen LogP contribution in [0.5, 0.6) is 0 Å². The van der Waals surface area contributed by atoms with E-state index in [9.17, 15) is 14.7 Å². The second-order valence-electron chi connectivity index (χ2n) is 5.30. The van der Waals surface area contributed by atoms with Crippen molar-refractivity contribution in [3.63, 3.8) is 0 Å². The average molecular weight is 324 g/mol. The Morgan fingerprint density at radius 3 is 2.52 bits per heavy atom. The predicted octanol–water partition coefficient (Wildman–Crippen LogP) is 1.55. The number of hydrogen-bond donors (Lipinski definition) is 1. The first kappa shape index (κ1) is 18.8. The average Bonchev–Trinajstić information content (AvgIpc) is 2.92. The second-order valence-corrected chi connectivity index (χ2v) is 5.30. The van der Waals surface area contributed by atoms with Crippen LogP contribution >= 0.6 is 0 Å². The van der Waals surface area contributed by atoms with Gasteiger partial charge in [0.25, 0.3) is 0 Å². The maximum atomic E-state index is 12.0. The Labute approximate surface area is 136 Å². The maximum Gasteiger partial charge on any atom is 0.410 e. The lowest BCUT2D eigenvalue weighted by Gasteiger charge is -2.27. The number of carbonyl (C=O) groups is 2. The number of aliphatic hydroxyl groups is 1. The molecule has 0 saturated carbocycles. The first-order valence-electron chi connectivity index (χ1n) is 7.29. The molecule has 0 aromatic rings. The van der Waals surface area contributed by atoms with Gasteiger partial charge >= 0.3 is 12.2 Å². The molecule has 0 unspecified atom stereocenters. The smallest absolute Gasteiger partial charge is 0.410 e. The molecule has 1 heterocycles. The summed E-state index contributed by atoms with van der Waals surface area (Å²) in [7, 11) is 1.57. The molecule has 128 valence electrons. The third-order valence-electron chi connectivity index (χ3n) is 3.39. The van der Waals surface area contributed by atoms with Crippen LogP contribution in [0, 0.1) is 0 Å². The first-order valence-corrected chi connectivity index (χ1v) is 7.29. The zero-order valence-electron chi connectivity index (χ0n) is 13.4. The number of rotatable bonds is 7. The Balaban J connectivity index is 2.64. The Morgan fingerprint density at radius 2 is 1.91 bits per heavy atom. The topological polar surface area (TPSA) is 79.3 Å². The molecular weight excluding hydrogens is 300 g/mol. The van der Waals surface area contributed by atoms with Gasteiger partial charge < -0.3 is 19.5 Å². The number of likely N-dealkylation sites (N-methyl/N-ethyl adjacent to an activating group) is 1. The predicted molar refractivity (Wildman–Crippen MR) is 86.0 cm³/mol. The van der Waals surface area contributed by atoms with E-state index in [1.54, 1.807) is 7.05 Å². The van der Waals surface area contributed by atoms with Crippen LogP contribution in [0.25, 0.3) is 0 Å². The van der Waals surface area contributed by atoms with E-state index < -0.39 is 24.3 Å². The Kier molecular flexibility index (Phi) is 7.34. The SMILES string of the molecule is C=CCOC(=O)N(C)CC(=C)[C@@H]1C[C@@H](O)CN1C(=O)OCC=C. The van der Waals surface area contributed by atoms with Crippen LogP contribution in [0.15, 0.2) is 37.5 Å². The molecule has 0 aromatic heterocycles. The highest BCUT2D eigenvalue weighted by molar-refractivity contribution is 5.70. The molecule has 1 rings (SSSR count). The molecule has 1 fully saturated rings. The van der Waals surface area contributed by atoms with E-state index >= 15 is 0 Å². The number of aliphatic hydroxyl groups excluding tert-OH is 1. The standard InChI is InChI=1S/C16H24N2O5/c1-5-7-22-15(20)17(4)10-12(3)14-9-13(19)11-18(14)16(21)23-8-6-2/h5-6,13-14,19H,1-3,7-11H2,4H3/t13-,14+/m1/s1. The van der Waals surface area contributed by atoms with Gasteiger partial charge in [-0.3, -0.25) is 4.90 Å². The summed E-state index contributed by atoms with van der Waals surface area (Å²) in [6.45, 7) is 11.5. The summed E-state index contributed by atoms with van der Waals surface area (Å²) >= 11 is 0. The molecule has 0 aliphatic carbocycles. The van der Waals surface area contributed by atoms with E-state index in [4.69, 9.17) is 9.47 Å². The minimum absolute atomic E-state index is 0.0956. The van der Waals surface area contributed by atoms with Crippen molar-refractivity contribution < 1.29 is 24.2 Å². The van der Waals surface area contributed by atoms with Gasteiger partial charge in [0.1, 0.15) is 13.2 Å². The molecule has 7 heteroatoms. The molecule has 2 amide bonds. The van der Waals surface area contributed by atoms with Crippen molar-refractivity contribution >= 4 is 12.2 Å². The van der Waals surface area contributed by atoms with E-state index in [1.807, 2.05) is 0 Å². The Hall–Kier alpha value is -2.28. The lowest BCUT2D eigenvalue weighted by Crippen LogP contribution is -2.40. The van der Waals surface area contributed by atoms with Crippen LogP contribution < -0.4 is 0 Å². The van der Waals surface area contributed by atoms with Gasteiger partial charge in [0.15, 0.2) is 0 Å². The quantitative estimate of drug-likeness (QED) is 0.719. The van der Waals surface area contributed by atoms with Crippen LogP contribution in [0.2, 0.25) is 0 Å². The van der Waals surface area contributed by atoms with Crippen LogP contribution in [-0.2, 0) is 9.47 Å². The molecule has 1 N–H and O–H groups in total. The summed E-state index contributed by atoms with van der Waals surface area (Å²) in [6.07, 6.45) is 1.61. The fraction of sp³-hybridized carbons (Fsp3) is 0.500. The zero-order chi connectivity index (χ0) is 17.4. The van der Waals surface area contributed by atoms with Crippen LogP contribution in [0.4, 0.5) is 9.59 Å². The van der Waals surface area contributed by atoms with Crippen molar-refractivity contribution in [2.24, 2.45) is 0 Å². The van der Waals surface area contributed by atoms with Gasteiger partial charge in [-0.1, -0.05) is 31.9 Å². The fourth-order valence-electron chi connectivity index (χ4n) is 2.33. The molecule has 2 atom stereocenters. The molecule has 0 spiro atoms. The zero-order valence-corrected chi connectivity index (χ0v) is 13.4. The summed E-state index contributed by atoms with van der Waals surface area (Å²) in [5, 5.41) is 9.83. The summed E-state index contributed by atoms with van der Waals surface area (Å²) in [5.74, 6) is 0. The summed E-state index contributed by atoms with van der Waals surface area (Å²) in [6, 6.07) is -0.392. The van der Waals surface area contributed by atoms with Crippen molar-refractivity contribution in [2.75, 3.05) is 33.4 Å². The minimum atomic E-state index is -0.647.